The van der Waals surface area contributed by atoms with Crippen LogP contribution in [0.25, 0.3) is 11.0 Å². The van der Waals surface area contributed by atoms with Gasteiger partial charge in [-0.2, -0.15) is 0 Å². The molecule has 0 aliphatic carbocycles. The zero-order chi connectivity index (χ0) is 9.10. The average Bonchev–Trinajstić information content (AvgIpc) is 2.58. The van der Waals surface area contributed by atoms with Crippen LogP contribution in [0.4, 0.5) is 0 Å². The number of aromatic nitrogens is 2. The lowest BCUT2D eigenvalue weighted by Gasteiger charge is -2.00. The van der Waals surface area contributed by atoms with Gasteiger partial charge in [-0.25, -0.2) is 4.98 Å². The van der Waals surface area contributed by atoms with Gasteiger partial charge in [0.25, 0.3) is 0 Å². The van der Waals surface area contributed by atoms with E-state index < -0.39 is 0 Å². The van der Waals surface area contributed by atoms with Crippen molar-refractivity contribution < 1.29 is 0 Å². The molecular weight excluding hydrogens is 162 g/mol. The minimum atomic E-state index is 0.479. The topological polar surface area (TPSA) is 41.6 Å². The highest BCUT2D eigenvalue weighted by Gasteiger charge is 1.99. The highest BCUT2D eigenvalue weighted by molar-refractivity contribution is 5.74. The summed E-state index contributed by atoms with van der Waals surface area (Å²) in [6, 6.07) is 8.07. The van der Waals surface area contributed by atoms with E-state index in [1.807, 2.05) is 24.5 Å². The number of hydrogen-bond acceptors (Lipinski definition) is 1. The molecule has 0 aliphatic rings. The Bertz CT molecular complexity index is 392. The number of aryl methyl sites for hydroxylation is 1. The van der Waals surface area contributed by atoms with Crippen LogP contribution in [-0.2, 0) is 6.54 Å². The van der Waals surface area contributed by atoms with Gasteiger partial charge in [0.05, 0.1) is 17.4 Å². The van der Waals surface area contributed by atoms with Crippen molar-refractivity contribution in [1.29, 1.82) is 0 Å². The molecule has 2 aromatic rings. The Morgan fingerprint density at radius 1 is 1.31 bits per heavy atom. The number of nitrogens with one attached hydrogen (secondary N) is 1. The van der Waals surface area contributed by atoms with Gasteiger partial charge < -0.3 is 4.57 Å². The third kappa shape index (κ3) is 1.55. The zero-order valence-electron chi connectivity index (χ0n) is 7.40. The van der Waals surface area contributed by atoms with Gasteiger partial charge in [-0.05, 0) is 18.6 Å². The summed E-state index contributed by atoms with van der Waals surface area (Å²) in [6.07, 6.45) is 2.74. The minimum absolute atomic E-state index is 0.479. The molecule has 0 spiro atoms. The normalized spacial score (nSPS) is 10.8. The third-order valence-electron chi connectivity index (χ3n) is 2.10. The molecule has 0 atom stereocenters. The highest BCUT2D eigenvalue weighted by atomic mass is 15.0. The molecule has 1 N–H and O–H groups in total. The smallest absolute Gasteiger partial charge is 0.0958 e. The molecular formula is C10H12N3. The van der Waals surface area contributed by atoms with E-state index in [9.17, 15) is 0 Å². The molecule has 1 aromatic carbocycles. The van der Waals surface area contributed by atoms with Crippen molar-refractivity contribution in [1.82, 2.24) is 15.3 Å². The number of fused-ring (bicyclic) bond motifs is 1. The second-order valence-electron chi connectivity index (χ2n) is 3.03. The predicted molar refractivity (Wildman–Crippen MR) is 52.3 cm³/mol. The SMILES string of the molecule is [NH]CCCn1cnc2ccccc21. The second kappa shape index (κ2) is 3.58. The van der Waals surface area contributed by atoms with E-state index in [-0.39, 0.29) is 0 Å². The van der Waals surface area contributed by atoms with E-state index in [4.69, 9.17) is 5.73 Å². The summed E-state index contributed by atoms with van der Waals surface area (Å²) in [5.74, 6) is 0. The molecule has 3 heteroatoms. The highest BCUT2D eigenvalue weighted by Crippen LogP contribution is 2.11. The van der Waals surface area contributed by atoms with Crippen molar-refractivity contribution in [3.63, 3.8) is 0 Å². The van der Waals surface area contributed by atoms with Gasteiger partial charge in [0.1, 0.15) is 0 Å². The Morgan fingerprint density at radius 2 is 2.15 bits per heavy atom. The summed E-state index contributed by atoms with van der Waals surface area (Å²) in [6.45, 7) is 1.37. The van der Waals surface area contributed by atoms with Crippen molar-refractivity contribution in [2.75, 3.05) is 6.54 Å². The summed E-state index contributed by atoms with van der Waals surface area (Å²) in [5.41, 5.74) is 9.28. The van der Waals surface area contributed by atoms with Gasteiger partial charge in [0.2, 0.25) is 0 Å². The van der Waals surface area contributed by atoms with Gasteiger partial charge in [-0.3, -0.25) is 5.73 Å². The first kappa shape index (κ1) is 8.26. The van der Waals surface area contributed by atoms with Crippen LogP contribution in [-0.4, -0.2) is 16.1 Å². The van der Waals surface area contributed by atoms with E-state index >= 15 is 0 Å². The lowest BCUT2D eigenvalue weighted by molar-refractivity contribution is 0.660. The molecule has 0 amide bonds. The zero-order valence-corrected chi connectivity index (χ0v) is 7.40. The second-order valence-corrected chi connectivity index (χ2v) is 3.03. The summed E-state index contributed by atoms with van der Waals surface area (Å²) in [7, 11) is 0. The maximum Gasteiger partial charge on any atom is 0.0958 e. The molecule has 1 heterocycles. The fourth-order valence-electron chi connectivity index (χ4n) is 1.44. The van der Waals surface area contributed by atoms with E-state index in [2.05, 4.69) is 15.6 Å². The molecule has 67 valence electrons. The Balaban J connectivity index is 2.35. The molecule has 0 fully saturated rings. The Kier molecular flexibility index (Phi) is 2.27. The maximum absolute atomic E-state index is 7.08. The number of nitrogens with zero attached hydrogens (tertiary/aromatic N) is 2. The number of imidazole rings is 1. The largest absolute Gasteiger partial charge is 0.331 e. The number of rotatable bonds is 3. The minimum Gasteiger partial charge on any atom is -0.331 e. The number of hydrogen-bond donors (Lipinski definition) is 0. The van der Waals surface area contributed by atoms with Gasteiger partial charge >= 0.3 is 0 Å². The van der Waals surface area contributed by atoms with Crippen molar-refractivity contribution >= 4 is 11.0 Å². The summed E-state index contributed by atoms with van der Waals surface area (Å²) in [4.78, 5) is 4.27. The van der Waals surface area contributed by atoms with Crippen LogP contribution >= 0.6 is 0 Å². The molecule has 0 saturated carbocycles. The predicted octanol–water partition coefficient (Wildman–Crippen LogP) is 1.71. The van der Waals surface area contributed by atoms with Crippen LogP contribution in [0.1, 0.15) is 6.42 Å². The lowest BCUT2D eigenvalue weighted by Crippen LogP contribution is -1.98. The Labute approximate surface area is 77.2 Å². The molecule has 2 rings (SSSR count). The van der Waals surface area contributed by atoms with Gasteiger partial charge in [-0.1, -0.05) is 12.1 Å². The molecule has 1 aromatic heterocycles. The maximum atomic E-state index is 7.08. The van der Waals surface area contributed by atoms with Gasteiger partial charge in [0, 0.05) is 13.1 Å². The fraction of sp³-hybridized carbons (Fsp3) is 0.300. The van der Waals surface area contributed by atoms with Crippen LogP contribution in [0.2, 0.25) is 0 Å². The van der Waals surface area contributed by atoms with E-state index in [1.165, 1.54) is 0 Å². The van der Waals surface area contributed by atoms with Crippen molar-refractivity contribution in [2.45, 2.75) is 13.0 Å². The van der Waals surface area contributed by atoms with Crippen molar-refractivity contribution in [2.24, 2.45) is 0 Å². The van der Waals surface area contributed by atoms with Crippen LogP contribution in [0.3, 0.4) is 0 Å². The molecule has 3 nitrogen and oxygen atoms in total. The number of benzene rings is 1. The molecule has 0 aliphatic heterocycles. The first-order chi connectivity index (χ1) is 6.42. The fourth-order valence-corrected chi connectivity index (χ4v) is 1.44. The van der Waals surface area contributed by atoms with E-state index in [0.29, 0.717) is 6.54 Å². The van der Waals surface area contributed by atoms with Crippen LogP contribution < -0.4 is 5.73 Å². The standard InChI is InChI=1S/C10H12N3/c11-6-3-7-13-8-12-9-4-1-2-5-10(9)13/h1-2,4-5,8,11H,3,6-7H2. The lowest BCUT2D eigenvalue weighted by atomic mass is 10.3. The molecule has 0 saturated heterocycles. The Morgan fingerprint density at radius 3 is 3.00 bits per heavy atom. The summed E-state index contributed by atoms with van der Waals surface area (Å²) < 4.78 is 2.10. The quantitative estimate of drug-likeness (QED) is 0.698. The third-order valence-corrected chi connectivity index (χ3v) is 2.10. The molecule has 0 bridgehead atoms. The molecule has 0 unspecified atom stereocenters. The first-order valence-corrected chi connectivity index (χ1v) is 4.46. The van der Waals surface area contributed by atoms with Crippen LogP contribution in [0.15, 0.2) is 30.6 Å². The van der Waals surface area contributed by atoms with Crippen molar-refractivity contribution in [3.05, 3.63) is 30.6 Å². The average molecular weight is 174 g/mol. The van der Waals surface area contributed by atoms with Crippen LogP contribution in [0.5, 0.6) is 0 Å². The van der Waals surface area contributed by atoms with E-state index in [1.54, 1.807) is 0 Å². The summed E-state index contributed by atoms with van der Waals surface area (Å²) >= 11 is 0. The van der Waals surface area contributed by atoms with Gasteiger partial charge in [0.15, 0.2) is 0 Å². The molecule has 13 heavy (non-hydrogen) atoms. The van der Waals surface area contributed by atoms with Crippen LogP contribution in [0, 0.1) is 0 Å². The molecule has 1 radical (unpaired) electrons. The number of para-hydroxylation sites is 2. The Hall–Kier alpha value is -1.35. The summed E-state index contributed by atoms with van der Waals surface area (Å²) in [5, 5.41) is 0. The van der Waals surface area contributed by atoms with E-state index in [0.717, 1.165) is 24.0 Å². The monoisotopic (exact) mass is 174 g/mol. The first-order valence-electron chi connectivity index (χ1n) is 4.46. The van der Waals surface area contributed by atoms with Crippen molar-refractivity contribution in [3.8, 4) is 0 Å². The van der Waals surface area contributed by atoms with Gasteiger partial charge in [-0.15, -0.1) is 0 Å².